The summed E-state index contributed by atoms with van der Waals surface area (Å²) in [6.45, 7) is 109. The lowest BCUT2D eigenvalue weighted by molar-refractivity contribution is -0.0204. The van der Waals surface area contributed by atoms with E-state index in [9.17, 15) is 0 Å². The van der Waals surface area contributed by atoms with Crippen molar-refractivity contribution in [2.45, 2.75) is 359 Å². The molecule has 0 amide bonds. The van der Waals surface area contributed by atoms with Crippen molar-refractivity contribution in [3.63, 3.8) is 0 Å². The number of rotatable bonds is 39. The highest BCUT2D eigenvalue weighted by Gasteiger charge is 2.29. The Bertz CT molecular complexity index is 3430. The SMILES string of the molecule is CC(C)(C)CCc1ccc(OCCCN2CCN(C(C)(C)C)CC2)nc1.CC(C)(C)CCc1ccc(OCCCN2CCN(C(C)(C)C)CC2)nc1.CC(C)(C)OCc1ccc(OCCCN2CCN(C(C)(C)C)CC2)nc1.CC(C)C.CC(C)C.CC(C)OCCOCCOCCN1CCN(CCOC(C)(C)C)CC1.CCc1ccc(OC(C)(C)C)nc1.CCc1ccc(OC(C)C)nc1. The van der Waals surface area contributed by atoms with E-state index in [1.165, 1.54) is 61.3 Å². The molecular formula is C113H207N13O10. The van der Waals surface area contributed by atoms with Crippen molar-refractivity contribution in [2.75, 3.05) is 197 Å². The van der Waals surface area contributed by atoms with E-state index < -0.39 is 0 Å². The molecule has 9 rings (SSSR count). The van der Waals surface area contributed by atoms with Gasteiger partial charge in [-0.2, -0.15) is 0 Å². The number of nitrogens with zero attached hydrogens (tertiary/aromatic N) is 13. The zero-order chi connectivity index (χ0) is 102. The van der Waals surface area contributed by atoms with Crippen LogP contribution in [-0.4, -0.2) is 307 Å². The van der Waals surface area contributed by atoms with Crippen LogP contribution in [0.3, 0.4) is 0 Å². The average Bonchev–Trinajstić information content (AvgIpc) is 0.859. The Labute approximate surface area is 834 Å². The average molecular weight is 1910 g/mol. The summed E-state index contributed by atoms with van der Waals surface area (Å²) in [4.78, 5) is 42.0. The van der Waals surface area contributed by atoms with Crippen molar-refractivity contribution in [1.82, 2.24) is 64.1 Å². The highest BCUT2D eigenvalue weighted by molar-refractivity contribution is 5.22. The van der Waals surface area contributed by atoms with Gasteiger partial charge < -0.3 is 62.1 Å². The van der Waals surface area contributed by atoms with Crippen LogP contribution < -0.4 is 23.7 Å². The molecule has 5 aromatic rings. The molecule has 4 saturated heterocycles. The van der Waals surface area contributed by atoms with Crippen LogP contribution in [-0.2, 0) is 56.0 Å². The summed E-state index contributed by atoms with van der Waals surface area (Å²) in [5.74, 6) is 5.28. The van der Waals surface area contributed by atoms with E-state index in [1.807, 2.05) is 128 Å². The van der Waals surface area contributed by atoms with Gasteiger partial charge in [0, 0.05) is 215 Å². The molecule has 4 aliphatic rings. The number of piperazine rings is 4. The van der Waals surface area contributed by atoms with Crippen LogP contribution in [0.2, 0.25) is 0 Å². The first kappa shape index (κ1) is 126. The second kappa shape index (κ2) is 66.9. The molecule has 9 heterocycles. The summed E-state index contributed by atoms with van der Waals surface area (Å²) in [6.07, 6.45) is 19.7. The van der Waals surface area contributed by atoms with Crippen molar-refractivity contribution in [1.29, 1.82) is 0 Å². The van der Waals surface area contributed by atoms with Crippen LogP contribution in [0, 0.1) is 22.7 Å². The highest BCUT2D eigenvalue weighted by Crippen LogP contribution is 2.26. The first-order chi connectivity index (χ1) is 63.5. The molecule has 784 valence electrons. The molecule has 0 unspecified atom stereocenters. The molecule has 0 saturated carbocycles. The molecule has 23 nitrogen and oxygen atoms in total. The maximum absolute atomic E-state index is 5.82. The summed E-state index contributed by atoms with van der Waals surface area (Å²) in [5.41, 5.74) is 7.41. The van der Waals surface area contributed by atoms with E-state index in [1.54, 1.807) is 0 Å². The third-order valence-electron chi connectivity index (χ3n) is 22.1. The van der Waals surface area contributed by atoms with Gasteiger partial charge in [-0.1, -0.05) is 121 Å². The zero-order valence-electron chi connectivity index (χ0n) is 94.2. The summed E-state index contributed by atoms with van der Waals surface area (Å²) in [6, 6.07) is 20.2. The molecule has 0 N–H and O–H groups in total. The molecule has 4 aliphatic heterocycles. The minimum atomic E-state index is -0.166. The van der Waals surface area contributed by atoms with Crippen LogP contribution >= 0.6 is 0 Å². The Morgan fingerprint density at radius 3 is 0.860 bits per heavy atom. The largest absolute Gasteiger partial charge is 0.478 e. The highest BCUT2D eigenvalue weighted by atomic mass is 16.5. The summed E-state index contributed by atoms with van der Waals surface area (Å²) in [7, 11) is 0. The van der Waals surface area contributed by atoms with E-state index >= 15 is 0 Å². The van der Waals surface area contributed by atoms with Crippen molar-refractivity contribution in [3.05, 3.63) is 119 Å². The predicted molar refractivity (Wildman–Crippen MR) is 572 cm³/mol. The van der Waals surface area contributed by atoms with Gasteiger partial charge in [-0.3, -0.25) is 24.5 Å². The van der Waals surface area contributed by atoms with Gasteiger partial charge in [0.15, 0.2) is 0 Å². The van der Waals surface area contributed by atoms with Gasteiger partial charge in [0.25, 0.3) is 0 Å². The maximum atomic E-state index is 5.82. The fourth-order valence-corrected chi connectivity index (χ4v) is 14.0. The van der Waals surface area contributed by atoms with E-state index in [0.29, 0.717) is 79.2 Å². The van der Waals surface area contributed by atoms with Crippen LogP contribution in [0.4, 0.5) is 0 Å². The summed E-state index contributed by atoms with van der Waals surface area (Å²) >= 11 is 0. The smallest absolute Gasteiger partial charge is 0.213 e. The molecule has 5 aromatic heterocycles. The minimum absolute atomic E-state index is 0.0374. The van der Waals surface area contributed by atoms with Crippen molar-refractivity contribution < 1.29 is 47.4 Å². The van der Waals surface area contributed by atoms with E-state index in [2.05, 4.69) is 277 Å². The molecule has 0 spiro atoms. The second-order valence-corrected chi connectivity index (χ2v) is 47.0. The van der Waals surface area contributed by atoms with Crippen LogP contribution in [0.15, 0.2) is 91.6 Å². The Hall–Kier alpha value is -5.77. The topological polar surface area (TPSA) is 183 Å². The first-order valence-corrected chi connectivity index (χ1v) is 52.4. The Kier molecular flexibility index (Phi) is 62.1. The Morgan fingerprint density at radius 1 is 0.287 bits per heavy atom. The lowest BCUT2D eigenvalue weighted by Gasteiger charge is -2.42. The predicted octanol–water partition coefficient (Wildman–Crippen LogP) is 22.5. The second-order valence-electron chi connectivity index (χ2n) is 47.0. The third kappa shape index (κ3) is 69.2. The quantitative estimate of drug-likeness (QED) is 0.0338. The molecule has 136 heavy (non-hydrogen) atoms. The van der Waals surface area contributed by atoms with Crippen molar-refractivity contribution in [3.8, 4) is 29.4 Å². The monoisotopic (exact) mass is 1910 g/mol. The van der Waals surface area contributed by atoms with E-state index in [-0.39, 0.29) is 34.6 Å². The zero-order valence-corrected chi connectivity index (χ0v) is 94.2. The van der Waals surface area contributed by atoms with Crippen molar-refractivity contribution >= 4 is 0 Å². The van der Waals surface area contributed by atoms with Gasteiger partial charge >= 0.3 is 0 Å². The first-order valence-electron chi connectivity index (χ1n) is 52.4. The van der Waals surface area contributed by atoms with E-state index in [0.717, 1.165) is 212 Å². The van der Waals surface area contributed by atoms with Gasteiger partial charge in [0.2, 0.25) is 29.4 Å². The van der Waals surface area contributed by atoms with Gasteiger partial charge in [0.1, 0.15) is 5.60 Å². The lowest BCUT2D eigenvalue weighted by atomic mass is 9.89. The van der Waals surface area contributed by atoms with Gasteiger partial charge in [-0.05, 0) is 267 Å². The lowest BCUT2D eigenvalue weighted by Crippen LogP contribution is -2.53. The summed E-state index contributed by atoms with van der Waals surface area (Å²) in [5, 5.41) is 0. The molecular weight excluding hydrogens is 1700 g/mol. The van der Waals surface area contributed by atoms with Crippen LogP contribution in [0.1, 0.15) is 309 Å². The molecule has 4 fully saturated rings. The molecule has 0 atom stereocenters. The Morgan fingerprint density at radius 2 is 0.574 bits per heavy atom. The number of hydrogen-bond acceptors (Lipinski definition) is 23. The van der Waals surface area contributed by atoms with Crippen LogP contribution in [0.5, 0.6) is 29.4 Å². The molecule has 23 heteroatoms. The minimum Gasteiger partial charge on any atom is -0.478 e. The number of hydrogen-bond donors (Lipinski definition) is 0. The maximum Gasteiger partial charge on any atom is 0.213 e. The van der Waals surface area contributed by atoms with Crippen molar-refractivity contribution in [2.24, 2.45) is 22.7 Å². The van der Waals surface area contributed by atoms with Crippen LogP contribution in [0.25, 0.3) is 0 Å². The molecule has 0 aromatic carbocycles. The third-order valence-corrected chi connectivity index (χ3v) is 22.1. The Balaban J connectivity index is 0.000000552. The fourth-order valence-electron chi connectivity index (χ4n) is 14.0. The number of aromatic nitrogens is 5. The number of pyridine rings is 5. The standard InChI is InChI=1S/2C22H39N3O.C21H37N3O2.C19H40N2O4.C11H17NO.C10H15NO.2C4H10/c2*1-21(2,3)11-10-19-8-9-20(23-18-19)26-17-7-12-24-13-15-25(16-14-24)22(4,5)6;1-20(2,3)24-13-11-23(12-14-24)10-7-15-25-19-9-8-18(16-22-19)17-26-21(4,5)6;1-18(2)24-17-16-23-15-14-22-12-10-20-6-8-21(9-7-20)11-13-25-19(3,4)5;1-5-9-6-7-10(12-8-9)13-11(2,3)4;1-4-9-5-6-10(11-7-9)12-8(2)3;2*1-4(2)3/h2*8-9,18H,7,10-17H2,1-6H3;8-9,16H,7,10-15,17H2,1-6H3;18H,6-17H2,1-5H3;6-8H,5H2,1-4H3;5-8H,4H2,1-3H3;2*4H,1-3H3. The van der Waals surface area contributed by atoms with Gasteiger partial charge in [-0.25, -0.2) is 24.9 Å². The van der Waals surface area contributed by atoms with Gasteiger partial charge in [0.05, 0.1) is 89.5 Å². The number of aryl methyl sites for hydroxylation is 4. The fraction of sp³-hybridized carbons (Fsp3) is 0.779. The number of ether oxygens (including phenoxy) is 10. The molecule has 0 bridgehead atoms. The van der Waals surface area contributed by atoms with Gasteiger partial charge in [-0.15, -0.1) is 0 Å². The summed E-state index contributed by atoms with van der Waals surface area (Å²) < 4.78 is 56.5. The van der Waals surface area contributed by atoms with E-state index in [4.69, 9.17) is 47.4 Å². The molecule has 0 radical (unpaired) electrons. The molecule has 0 aliphatic carbocycles. The normalized spacial score (nSPS) is 15.8.